The van der Waals surface area contributed by atoms with E-state index in [1.807, 2.05) is 0 Å². The van der Waals surface area contributed by atoms with Gasteiger partial charge in [-0.1, -0.05) is 0 Å². The van der Waals surface area contributed by atoms with Crippen molar-refractivity contribution in [3.63, 3.8) is 0 Å². The molecule has 0 spiro atoms. The van der Waals surface area contributed by atoms with E-state index in [-0.39, 0.29) is 13.2 Å². The molecule has 0 aliphatic rings. The number of rotatable bonds is 4. The van der Waals surface area contributed by atoms with Crippen molar-refractivity contribution >= 4 is 5.97 Å². The number of H-pyrrole nitrogens is 1. The van der Waals surface area contributed by atoms with Gasteiger partial charge in [0.2, 0.25) is 5.83 Å². The van der Waals surface area contributed by atoms with E-state index in [0.717, 1.165) is 10.6 Å². The van der Waals surface area contributed by atoms with E-state index in [9.17, 15) is 18.8 Å². The SMILES string of the molecule is CCOC(=O)/C(F)=C/Cn1cc(C)c(=O)[nH]c1=O. The van der Waals surface area contributed by atoms with Crippen LogP contribution in [0.2, 0.25) is 0 Å². The number of aromatic amines is 1. The molecular weight excluding hydrogens is 243 g/mol. The van der Waals surface area contributed by atoms with Gasteiger partial charge in [-0.2, -0.15) is 4.39 Å². The molecule has 0 aliphatic heterocycles. The van der Waals surface area contributed by atoms with Crippen LogP contribution in [0, 0.1) is 6.92 Å². The van der Waals surface area contributed by atoms with E-state index in [0.29, 0.717) is 5.56 Å². The first-order chi connectivity index (χ1) is 8.45. The summed E-state index contributed by atoms with van der Waals surface area (Å²) in [5, 5.41) is 0. The Morgan fingerprint density at radius 1 is 1.56 bits per heavy atom. The lowest BCUT2D eigenvalue weighted by atomic mass is 10.4. The highest BCUT2D eigenvalue weighted by molar-refractivity contribution is 5.85. The molecule has 0 aromatic carbocycles. The van der Waals surface area contributed by atoms with Crippen molar-refractivity contribution in [2.45, 2.75) is 20.4 Å². The van der Waals surface area contributed by atoms with Crippen LogP contribution in [0.15, 0.2) is 27.7 Å². The molecule has 0 amide bonds. The van der Waals surface area contributed by atoms with Gasteiger partial charge in [-0.25, -0.2) is 9.59 Å². The van der Waals surface area contributed by atoms with E-state index < -0.39 is 23.0 Å². The first kappa shape index (κ1) is 13.9. The minimum absolute atomic E-state index is 0.0673. The Kier molecular flexibility index (Phi) is 4.59. The van der Waals surface area contributed by atoms with Gasteiger partial charge in [0.25, 0.3) is 5.56 Å². The van der Waals surface area contributed by atoms with Crippen LogP contribution in [-0.4, -0.2) is 22.1 Å². The number of hydrogen-bond acceptors (Lipinski definition) is 4. The van der Waals surface area contributed by atoms with Gasteiger partial charge in [0.15, 0.2) is 0 Å². The number of carbonyl (C=O) groups is 1. The Morgan fingerprint density at radius 3 is 2.83 bits per heavy atom. The molecule has 1 N–H and O–H groups in total. The molecule has 0 aliphatic carbocycles. The first-order valence-electron chi connectivity index (χ1n) is 5.28. The van der Waals surface area contributed by atoms with Crippen molar-refractivity contribution in [2.24, 2.45) is 0 Å². The zero-order chi connectivity index (χ0) is 13.7. The summed E-state index contributed by atoms with van der Waals surface area (Å²) in [5.74, 6) is -2.15. The third-order valence-corrected chi connectivity index (χ3v) is 2.13. The number of hydrogen-bond donors (Lipinski definition) is 1. The number of ether oxygens (including phenoxy) is 1. The van der Waals surface area contributed by atoms with Crippen molar-refractivity contribution in [2.75, 3.05) is 6.61 Å². The standard InChI is InChI=1S/C11H13FN2O4/c1-3-18-10(16)8(12)4-5-14-6-7(2)9(15)13-11(14)17/h4,6H,3,5H2,1-2H3,(H,13,15,17)/b8-4-. The molecule has 0 radical (unpaired) electrons. The van der Waals surface area contributed by atoms with Crippen molar-refractivity contribution in [1.29, 1.82) is 0 Å². The molecule has 0 atom stereocenters. The summed E-state index contributed by atoms with van der Waals surface area (Å²) in [7, 11) is 0. The fourth-order valence-electron chi connectivity index (χ4n) is 1.22. The summed E-state index contributed by atoms with van der Waals surface area (Å²) in [6.45, 7) is 2.97. The summed E-state index contributed by atoms with van der Waals surface area (Å²) < 4.78 is 18.7. The van der Waals surface area contributed by atoms with Gasteiger partial charge in [-0.3, -0.25) is 14.3 Å². The lowest BCUT2D eigenvalue weighted by molar-refractivity contribution is -0.140. The Bertz CT molecular complexity index is 585. The maximum Gasteiger partial charge on any atom is 0.366 e. The van der Waals surface area contributed by atoms with E-state index in [2.05, 4.69) is 9.72 Å². The van der Waals surface area contributed by atoms with Crippen molar-refractivity contribution in [3.8, 4) is 0 Å². The Balaban J connectivity index is 2.90. The molecule has 0 saturated heterocycles. The minimum Gasteiger partial charge on any atom is -0.461 e. The molecular formula is C11H13FN2O4. The quantitative estimate of drug-likeness (QED) is 0.619. The van der Waals surface area contributed by atoms with Gasteiger partial charge in [-0.15, -0.1) is 0 Å². The summed E-state index contributed by atoms with van der Waals surface area (Å²) in [4.78, 5) is 35.5. The van der Waals surface area contributed by atoms with Crippen molar-refractivity contribution < 1.29 is 13.9 Å². The number of halogens is 1. The van der Waals surface area contributed by atoms with Gasteiger partial charge in [-0.05, 0) is 19.9 Å². The molecule has 1 aromatic rings. The molecule has 1 aromatic heterocycles. The highest BCUT2D eigenvalue weighted by atomic mass is 19.1. The van der Waals surface area contributed by atoms with E-state index in [4.69, 9.17) is 0 Å². The highest BCUT2D eigenvalue weighted by Crippen LogP contribution is 2.00. The normalized spacial score (nSPS) is 11.4. The number of nitrogens with zero attached hydrogens (tertiary/aromatic N) is 1. The summed E-state index contributed by atoms with van der Waals surface area (Å²) in [6, 6.07) is 0. The third-order valence-electron chi connectivity index (χ3n) is 2.13. The monoisotopic (exact) mass is 256 g/mol. The number of esters is 1. The van der Waals surface area contributed by atoms with Crippen LogP contribution in [-0.2, 0) is 16.1 Å². The van der Waals surface area contributed by atoms with Gasteiger partial charge in [0, 0.05) is 18.3 Å². The summed E-state index contributed by atoms with van der Waals surface area (Å²) >= 11 is 0. The van der Waals surface area contributed by atoms with Crippen LogP contribution in [0.25, 0.3) is 0 Å². The summed E-state index contributed by atoms with van der Waals surface area (Å²) in [5.41, 5.74) is -0.843. The van der Waals surface area contributed by atoms with E-state index >= 15 is 0 Å². The number of aryl methyl sites for hydroxylation is 1. The second kappa shape index (κ2) is 5.95. The predicted molar refractivity (Wildman–Crippen MR) is 61.9 cm³/mol. The topological polar surface area (TPSA) is 81.2 Å². The number of aromatic nitrogens is 2. The Hall–Kier alpha value is -2.18. The molecule has 0 unspecified atom stereocenters. The molecule has 0 saturated carbocycles. The zero-order valence-corrected chi connectivity index (χ0v) is 10.0. The summed E-state index contributed by atoms with van der Waals surface area (Å²) in [6.07, 6.45) is 2.20. The predicted octanol–water partition coefficient (Wildman–Crippen LogP) is 0.262. The number of nitrogens with one attached hydrogen (secondary N) is 1. The maximum absolute atomic E-state index is 13.2. The van der Waals surface area contributed by atoms with Gasteiger partial charge >= 0.3 is 11.7 Å². The number of allylic oxidation sites excluding steroid dienone is 1. The van der Waals surface area contributed by atoms with Crippen LogP contribution in [0.3, 0.4) is 0 Å². The van der Waals surface area contributed by atoms with E-state index in [1.165, 1.54) is 13.1 Å². The number of carbonyl (C=O) groups excluding carboxylic acids is 1. The van der Waals surface area contributed by atoms with Gasteiger partial charge < -0.3 is 4.74 Å². The Morgan fingerprint density at radius 2 is 2.22 bits per heavy atom. The molecule has 1 rings (SSSR count). The lowest BCUT2D eigenvalue weighted by Crippen LogP contribution is -2.30. The lowest BCUT2D eigenvalue weighted by Gasteiger charge is -2.02. The fraction of sp³-hybridized carbons (Fsp3) is 0.364. The minimum atomic E-state index is -1.08. The fourth-order valence-corrected chi connectivity index (χ4v) is 1.22. The average molecular weight is 256 g/mol. The first-order valence-corrected chi connectivity index (χ1v) is 5.28. The molecule has 7 heteroatoms. The third kappa shape index (κ3) is 3.41. The van der Waals surface area contributed by atoms with Crippen LogP contribution in [0.5, 0.6) is 0 Å². The molecule has 98 valence electrons. The second-order valence-corrected chi connectivity index (χ2v) is 3.50. The molecule has 1 heterocycles. The highest BCUT2D eigenvalue weighted by Gasteiger charge is 2.09. The smallest absolute Gasteiger partial charge is 0.366 e. The molecule has 0 bridgehead atoms. The average Bonchev–Trinajstić information content (AvgIpc) is 2.32. The van der Waals surface area contributed by atoms with Crippen LogP contribution < -0.4 is 11.2 Å². The van der Waals surface area contributed by atoms with Gasteiger partial charge in [0.05, 0.1) is 6.61 Å². The van der Waals surface area contributed by atoms with Crippen LogP contribution in [0.4, 0.5) is 4.39 Å². The maximum atomic E-state index is 13.2. The van der Waals surface area contributed by atoms with Crippen molar-refractivity contribution in [3.05, 3.63) is 44.5 Å². The molecule has 6 nitrogen and oxygen atoms in total. The molecule has 0 fully saturated rings. The Labute approximate surface area is 102 Å². The van der Waals surface area contributed by atoms with Crippen LogP contribution in [0.1, 0.15) is 12.5 Å². The second-order valence-electron chi connectivity index (χ2n) is 3.50. The molecule has 18 heavy (non-hydrogen) atoms. The zero-order valence-electron chi connectivity index (χ0n) is 10.0. The largest absolute Gasteiger partial charge is 0.461 e. The van der Waals surface area contributed by atoms with Crippen LogP contribution >= 0.6 is 0 Å². The van der Waals surface area contributed by atoms with Crippen molar-refractivity contribution in [1.82, 2.24) is 9.55 Å². The van der Waals surface area contributed by atoms with Gasteiger partial charge in [0.1, 0.15) is 0 Å². The van der Waals surface area contributed by atoms with E-state index in [1.54, 1.807) is 6.92 Å².